The molecule has 246 valence electrons. The third kappa shape index (κ3) is 4.29. The molecule has 0 N–H and O–H groups in total. The highest BCUT2D eigenvalue weighted by Gasteiger charge is 2.27. The first-order chi connectivity index (χ1) is 25.0. The molecule has 0 radical (unpaired) electrons. The minimum Gasteiger partial charge on any atom is -0.455 e. The Kier molecular flexibility index (Phi) is 6.53. The molecule has 10 aromatic rings. The average Bonchev–Trinajstić information content (AvgIpc) is 3.84. The van der Waals surface area contributed by atoms with Crippen LogP contribution in [-0.2, 0) is 0 Å². The molecule has 10 rings (SSSR count). The zero-order chi connectivity index (χ0) is 34.4. The van der Waals surface area contributed by atoms with E-state index in [1.165, 1.54) is 49.4 Å². The molecule has 4 nitrogen and oxygen atoms in total. The summed E-state index contributed by atoms with van der Waals surface area (Å²) in [7, 11) is 0. The van der Waals surface area contributed by atoms with E-state index < -0.39 is 0 Å². The van der Waals surface area contributed by atoms with Gasteiger partial charge in [-0.15, -0.1) is 0 Å². The van der Waals surface area contributed by atoms with Crippen molar-refractivity contribution in [2.45, 2.75) is 39.5 Å². The Hall–Kier alpha value is -6.13. The lowest BCUT2D eigenvalue weighted by Gasteiger charge is -2.23. The summed E-state index contributed by atoms with van der Waals surface area (Å²) in [6.07, 6.45) is 0. The first-order valence-electron chi connectivity index (χ1n) is 18.0. The Balaban J connectivity index is 1.38. The van der Waals surface area contributed by atoms with E-state index in [-0.39, 0.29) is 0 Å². The SMILES string of the molecule is CC(C)c1cccc(C(C)C)c1-n1c(-c2ccc(-n3c4ccccc4c4ccccc43)c3c2oc2ccccc23)nc2ccc3ccccc3c21. The van der Waals surface area contributed by atoms with Gasteiger partial charge in [-0.3, -0.25) is 4.57 Å². The van der Waals surface area contributed by atoms with E-state index in [9.17, 15) is 0 Å². The van der Waals surface area contributed by atoms with Gasteiger partial charge in [-0.05, 0) is 64.7 Å². The number of hydrogen-bond acceptors (Lipinski definition) is 2. The predicted molar refractivity (Wildman–Crippen MR) is 214 cm³/mol. The van der Waals surface area contributed by atoms with E-state index in [0.717, 1.165) is 50.0 Å². The molecular formula is C47H37N3O. The number of rotatable bonds is 5. The van der Waals surface area contributed by atoms with Crippen molar-refractivity contribution >= 4 is 65.6 Å². The Labute approximate surface area is 296 Å². The van der Waals surface area contributed by atoms with Crippen LogP contribution in [0.25, 0.3) is 88.3 Å². The lowest BCUT2D eigenvalue weighted by molar-refractivity contribution is 0.669. The predicted octanol–water partition coefficient (Wildman–Crippen LogP) is 13.1. The van der Waals surface area contributed by atoms with Gasteiger partial charge in [-0.25, -0.2) is 4.98 Å². The lowest BCUT2D eigenvalue weighted by atomic mass is 9.92. The van der Waals surface area contributed by atoms with E-state index in [1.807, 2.05) is 0 Å². The quantitative estimate of drug-likeness (QED) is 0.184. The third-order valence-corrected chi connectivity index (χ3v) is 10.7. The van der Waals surface area contributed by atoms with Crippen LogP contribution in [0.2, 0.25) is 0 Å². The van der Waals surface area contributed by atoms with Crippen molar-refractivity contribution in [3.63, 3.8) is 0 Å². The molecule has 4 heteroatoms. The average molecular weight is 660 g/mol. The van der Waals surface area contributed by atoms with Crippen LogP contribution in [0, 0.1) is 0 Å². The second-order valence-electron chi connectivity index (χ2n) is 14.3. The lowest BCUT2D eigenvalue weighted by Crippen LogP contribution is -2.09. The number of para-hydroxylation sites is 4. The summed E-state index contributed by atoms with van der Waals surface area (Å²) in [6.45, 7) is 9.16. The minimum absolute atomic E-state index is 0.308. The molecule has 0 aliphatic carbocycles. The van der Waals surface area contributed by atoms with E-state index in [0.29, 0.717) is 11.8 Å². The molecule has 0 atom stereocenters. The Morgan fingerprint density at radius 1 is 0.529 bits per heavy atom. The van der Waals surface area contributed by atoms with Crippen LogP contribution < -0.4 is 0 Å². The molecule has 0 saturated carbocycles. The van der Waals surface area contributed by atoms with Gasteiger partial charge in [0.1, 0.15) is 17.0 Å². The zero-order valence-corrected chi connectivity index (χ0v) is 29.2. The molecule has 0 saturated heterocycles. The van der Waals surface area contributed by atoms with Gasteiger partial charge in [0.25, 0.3) is 0 Å². The van der Waals surface area contributed by atoms with Gasteiger partial charge >= 0.3 is 0 Å². The summed E-state index contributed by atoms with van der Waals surface area (Å²) >= 11 is 0. The molecule has 51 heavy (non-hydrogen) atoms. The van der Waals surface area contributed by atoms with Crippen LogP contribution >= 0.6 is 0 Å². The molecule has 0 aliphatic rings. The Bertz CT molecular complexity index is 2910. The van der Waals surface area contributed by atoms with Gasteiger partial charge in [0.05, 0.1) is 44.4 Å². The molecule has 3 aromatic heterocycles. The smallest absolute Gasteiger partial charge is 0.149 e. The molecule has 0 fully saturated rings. The van der Waals surface area contributed by atoms with Gasteiger partial charge in [-0.1, -0.05) is 131 Å². The number of imidazole rings is 1. The largest absolute Gasteiger partial charge is 0.455 e. The molecule has 0 amide bonds. The van der Waals surface area contributed by atoms with Gasteiger partial charge in [0, 0.05) is 21.5 Å². The summed E-state index contributed by atoms with van der Waals surface area (Å²) in [4.78, 5) is 5.52. The van der Waals surface area contributed by atoms with Crippen molar-refractivity contribution in [1.82, 2.24) is 14.1 Å². The van der Waals surface area contributed by atoms with Crippen molar-refractivity contribution in [3.8, 4) is 22.8 Å². The van der Waals surface area contributed by atoms with Crippen LogP contribution in [0.5, 0.6) is 0 Å². The van der Waals surface area contributed by atoms with Crippen LogP contribution in [0.3, 0.4) is 0 Å². The number of nitrogens with zero attached hydrogens (tertiary/aromatic N) is 3. The second-order valence-corrected chi connectivity index (χ2v) is 14.3. The Morgan fingerprint density at radius 2 is 1.14 bits per heavy atom. The third-order valence-electron chi connectivity index (χ3n) is 10.7. The highest BCUT2D eigenvalue weighted by atomic mass is 16.3. The maximum Gasteiger partial charge on any atom is 0.149 e. The number of benzene rings is 7. The monoisotopic (exact) mass is 659 g/mol. The zero-order valence-electron chi connectivity index (χ0n) is 29.2. The molecule has 0 bridgehead atoms. The number of furan rings is 1. The van der Waals surface area contributed by atoms with Gasteiger partial charge in [0.15, 0.2) is 0 Å². The summed E-state index contributed by atoms with van der Waals surface area (Å²) in [5, 5.41) is 7.02. The van der Waals surface area contributed by atoms with Gasteiger partial charge < -0.3 is 8.98 Å². The standard InChI is InChI=1S/C47H37N3O/c1-28(2)31-19-13-20-32(29(3)4)44(31)50-45-33-15-6-5-14-30(33)24-26-38(45)48-47(50)37-25-27-41(43-36-18-9-12-23-42(36)51-46(37)43)49-39-21-10-7-16-34(39)35-17-8-11-22-40(35)49/h5-29H,1-4H3. The summed E-state index contributed by atoms with van der Waals surface area (Å²) in [6, 6.07) is 50.1. The highest BCUT2D eigenvalue weighted by molar-refractivity contribution is 6.17. The van der Waals surface area contributed by atoms with E-state index in [1.54, 1.807) is 0 Å². The van der Waals surface area contributed by atoms with Gasteiger partial charge in [0.2, 0.25) is 0 Å². The molecule has 0 aliphatic heterocycles. The molecule has 0 spiro atoms. The van der Waals surface area contributed by atoms with E-state index in [4.69, 9.17) is 9.40 Å². The fourth-order valence-electron chi connectivity index (χ4n) is 8.36. The second kappa shape index (κ2) is 11.2. The maximum atomic E-state index is 6.96. The fourth-order valence-corrected chi connectivity index (χ4v) is 8.36. The van der Waals surface area contributed by atoms with E-state index >= 15 is 0 Å². The minimum atomic E-state index is 0.308. The van der Waals surface area contributed by atoms with Crippen molar-refractivity contribution in [1.29, 1.82) is 0 Å². The molecular weight excluding hydrogens is 623 g/mol. The number of aromatic nitrogens is 3. The van der Waals surface area contributed by atoms with Crippen LogP contribution in [0.15, 0.2) is 144 Å². The van der Waals surface area contributed by atoms with Crippen LogP contribution in [-0.4, -0.2) is 14.1 Å². The molecule has 7 aromatic carbocycles. The summed E-state index contributed by atoms with van der Waals surface area (Å²) in [5.74, 6) is 1.50. The molecule has 3 heterocycles. The first-order valence-corrected chi connectivity index (χ1v) is 18.0. The number of fused-ring (bicyclic) bond motifs is 9. The molecule has 0 unspecified atom stereocenters. The van der Waals surface area contributed by atoms with Gasteiger partial charge in [-0.2, -0.15) is 0 Å². The van der Waals surface area contributed by atoms with Crippen molar-refractivity contribution < 1.29 is 4.42 Å². The van der Waals surface area contributed by atoms with Crippen molar-refractivity contribution in [2.75, 3.05) is 0 Å². The Morgan fingerprint density at radius 3 is 1.82 bits per heavy atom. The highest BCUT2D eigenvalue weighted by Crippen LogP contribution is 2.45. The van der Waals surface area contributed by atoms with Crippen LogP contribution in [0.4, 0.5) is 0 Å². The summed E-state index contributed by atoms with van der Waals surface area (Å²) in [5.41, 5.74) is 12.0. The van der Waals surface area contributed by atoms with Crippen molar-refractivity contribution in [3.05, 3.63) is 151 Å². The number of hydrogen-bond donors (Lipinski definition) is 0. The first kappa shape index (κ1) is 29.8. The van der Waals surface area contributed by atoms with E-state index in [2.05, 4.69) is 176 Å². The van der Waals surface area contributed by atoms with Crippen molar-refractivity contribution in [2.24, 2.45) is 0 Å². The van der Waals surface area contributed by atoms with Crippen LogP contribution in [0.1, 0.15) is 50.7 Å². The maximum absolute atomic E-state index is 6.96. The fraction of sp³-hybridized carbons (Fsp3) is 0.128. The topological polar surface area (TPSA) is 35.9 Å². The normalized spacial score (nSPS) is 12.3. The summed E-state index contributed by atoms with van der Waals surface area (Å²) < 4.78 is 11.8.